The lowest BCUT2D eigenvalue weighted by Crippen LogP contribution is -2.17. The van der Waals surface area contributed by atoms with Gasteiger partial charge in [0.25, 0.3) is 12.5 Å². The first-order chi connectivity index (χ1) is 9.11. The molecule has 0 unspecified atom stereocenters. The molecule has 0 saturated heterocycles. The number of nitrogens with zero attached hydrogens (tertiary/aromatic N) is 2. The zero-order valence-corrected chi connectivity index (χ0v) is 12.9. The zero-order chi connectivity index (χ0) is 15.6. The minimum atomic E-state index is -0.226. The van der Waals surface area contributed by atoms with E-state index in [2.05, 4.69) is 0 Å². The lowest BCUT2D eigenvalue weighted by molar-refractivity contribution is 0.446. The molecule has 0 atom stereocenters. The highest BCUT2D eigenvalue weighted by Gasteiger charge is 2.27. The highest BCUT2D eigenvalue weighted by atomic mass is 16.5. The molecular formula is C16H20N2O2. The van der Waals surface area contributed by atoms with Gasteiger partial charge in [-0.1, -0.05) is 41.5 Å². The van der Waals surface area contributed by atoms with Crippen molar-refractivity contribution in [3.8, 4) is 24.0 Å². The molecule has 1 rings (SSSR count). The molecule has 0 fully saturated rings. The fourth-order valence-electron chi connectivity index (χ4n) is 2.00. The molecule has 0 bridgehead atoms. The maximum atomic E-state index is 8.82. The average Bonchev–Trinajstić information content (AvgIpc) is 2.28. The molecule has 4 heteroatoms. The van der Waals surface area contributed by atoms with E-state index in [0.29, 0.717) is 11.5 Å². The Balaban J connectivity index is 3.61. The lowest BCUT2D eigenvalue weighted by Gasteiger charge is -2.26. The van der Waals surface area contributed by atoms with Crippen molar-refractivity contribution in [2.24, 2.45) is 0 Å². The van der Waals surface area contributed by atoms with Gasteiger partial charge in [0.1, 0.15) is 11.5 Å². The van der Waals surface area contributed by atoms with Crippen molar-refractivity contribution in [1.29, 1.82) is 10.5 Å². The van der Waals surface area contributed by atoms with Gasteiger partial charge in [0.2, 0.25) is 0 Å². The maximum absolute atomic E-state index is 8.82. The molecule has 0 aromatic heterocycles. The number of ether oxygens (including phenoxy) is 2. The van der Waals surface area contributed by atoms with Crippen LogP contribution >= 0.6 is 0 Å². The van der Waals surface area contributed by atoms with Crippen LogP contribution in [0.5, 0.6) is 11.5 Å². The topological polar surface area (TPSA) is 66.0 Å². The highest BCUT2D eigenvalue weighted by Crippen LogP contribution is 2.41. The summed E-state index contributed by atoms with van der Waals surface area (Å²) in [6, 6.07) is 3.58. The maximum Gasteiger partial charge on any atom is 0.292 e. The van der Waals surface area contributed by atoms with Crippen LogP contribution in [0.4, 0.5) is 0 Å². The third-order valence-corrected chi connectivity index (χ3v) is 3.01. The van der Waals surface area contributed by atoms with Gasteiger partial charge in [-0.3, -0.25) is 0 Å². The summed E-state index contributed by atoms with van der Waals surface area (Å²) >= 11 is 0. The number of hydrogen-bond acceptors (Lipinski definition) is 4. The molecule has 0 aliphatic heterocycles. The quantitative estimate of drug-likeness (QED) is 0.763. The van der Waals surface area contributed by atoms with Crippen molar-refractivity contribution < 1.29 is 9.47 Å². The lowest BCUT2D eigenvalue weighted by atomic mass is 9.81. The van der Waals surface area contributed by atoms with E-state index < -0.39 is 0 Å². The summed E-state index contributed by atoms with van der Waals surface area (Å²) in [5.74, 6) is 1.02. The third-order valence-electron chi connectivity index (χ3n) is 3.01. The average molecular weight is 272 g/mol. The van der Waals surface area contributed by atoms with Gasteiger partial charge >= 0.3 is 0 Å². The molecule has 0 aliphatic rings. The molecular weight excluding hydrogens is 252 g/mol. The van der Waals surface area contributed by atoms with Crippen LogP contribution < -0.4 is 9.47 Å². The van der Waals surface area contributed by atoms with Gasteiger partial charge in [0.15, 0.2) is 0 Å². The van der Waals surface area contributed by atoms with Crippen molar-refractivity contribution in [1.82, 2.24) is 0 Å². The van der Waals surface area contributed by atoms with Crippen molar-refractivity contribution in [2.75, 3.05) is 0 Å². The third kappa shape index (κ3) is 3.42. The van der Waals surface area contributed by atoms with E-state index in [1.807, 2.05) is 41.5 Å². The molecule has 20 heavy (non-hydrogen) atoms. The second kappa shape index (κ2) is 5.43. The first-order valence-electron chi connectivity index (χ1n) is 6.42. The number of rotatable bonds is 2. The minimum Gasteiger partial charge on any atom is -0.388 e. The molecule has 1 aromatic rings. The summed E-state index contributed by atoms with van der Waals surface area (Å²) in [6.45, 7) is 12.1. The van der Waals surface area contributed by atoms with Crippen LogP contribution in [0.1, 0.15) is 52.7 Å². The van der Waals surface area contributed by atoms with Crippen molar-refractivity contribution in [3.63, 3.8) is 0 Å². The second-order valence-electron chi connectivity index (χ2n) is 6.73. The number of nitriles is 2. The van der Waals surface area contributed by atoms with Gasteiger partial charge in [0, 0.05) is 11.1 Å². The van der Waals surface area contributed by atoms with Gasteiger partial charge in [-0.2, -0.15) is 0 Å². The molecule has 0 spiro atoms. The van der Waals surface area contributed by atoms with E-state index in [0.717, 1.165) is 11.1 Å². The van der Waals surface area contributed by atoms with E-state index in [1.54, 1.807) is 24.6 Å². The Bertz CT molecular complexity index is 525. The monoisotopic (exact) mass is 272 g/mol. The van der Waals surface area contributed by atoms with Crippen LogP contribution in [0, 0.1) is 23.0 Å². The van der Waals surface area contributed by atoms with Gasteiger partial charge in [-0.25, -0.2) is 0 Å². The van der Waals surface area contributed by atoms with Crippen LogP contribution in [0.15, 0.2) is 12.1 Å². The normalized spacial score (nSPS) is 11.4. The highest BCUT2D eigenvalue weighted by molar-refractivity contribution is 5.52. The summed E-state index contributed by atoms with van der Waals surface area (Å²) in [5.41, 5.74) is 1.21. The number of benzene rings is 1. The SMILES string of the molecule is CC(C)(C)c1cc(OC#N)c(C(C)(C)C)cc1OC#N. The summed E-state index contributed by atoms with van der Waals surface area (Å²) in [4.78, 5) is 0. The first-order valence-corrected chi connectivity index (χ1v) is 6.42. The van der Waals surface area contributed by atoms with Crippen LogP contribution in [-0.4, -0.2) is 0 Å². The fraction of sp³-hybridized carbons (Fsp3) is 0.500. The van der Waals surface area contributed by atoms with Crippen LogP contribution in [-0.2, 0) is 10.8 Å². The van der Waals surface area contributed by atoms with E-state index in [9.17, 15) is 0 Å². The largest absolute Gasteiger partial charge is 0.388 e. The van der Waals surface area contributed by atoms with Gasteiger partial charge in [0.05, 0.1) is 0 Å². The van der Waals surface area contributed by atoms with Crippen LogP contribution in [0.2, 0.25) is 0 Å². The standard InChI is InChI=1S/C16H20N2O2/c1-15(2,3)11-7-14(20-10-18)12(16(4,5)6)8-13(11)19-9-17/h7-8H,1-6H3. The van der Waals surface area contributed by atoms with E-state index in [-0.39, 0.29) is 10.8 Å². The molecule has 0 radical (unpaired) electrons. The first kappa shape index (κ1) is 15.9. The van der Waals surface area contributed by atoms with Crippen LogP contribution in [0.25, 0.3) is 0 Å². The Morgan fingerprint density at radius 1 is 0.750 bits per heavy atom. The Kier molecular flexibility index (Phi) is 4.30. The smallest absolute Gasteiger partial charge is 0.292 e. The predicted molar refractivity (Wildman–Crippen MR) is 76.3 cm³/mol. The van der Waals surface area contributed by atoms with Crippen molar-refractivity contribution in [3.05, 3.63) is 23.3 Å². The molecule has 0 heterocycles. The molecule has 0 N–H and O–H groups in total. The Morgan fingerprint density at radius 3 is 1.25 bits per heavy atom. The van der Waals surface area contributed by atoms with E-state index in [1.165, 1.54) is 0 Å². The van der Waals surface area contributed by atoms with E-state index >= 15 is 0 Å². The molecule has 106 valence electrons. The van der Waals surface area contributed by atoms with Crippen molar-refractivity contribution >= 4 is 0 Å². The summed E-state index contributed by atoms with van der Waals surface area (Å²) in [7, 11) is 0. The molecule has 0 aliphatic carbocycles. The van der Waals surface area contributed by atoms with Gasteiger partial charge in [-0.05, 0) is 23.0 Å². The van der Waals surface area contributed by atoms with Crippen molar-refractivity contribution in [2.45, 2.75) is 52.4 Å². The summed E-state index contributed by atoms with van der Waals surface area (Å²) in [5, 5.41) is 17.6. The molecule has 0 saturated carbocycles. The minimum absolute atomic E-state index is 0.226. The Labute approximate surface area is 120 Å². The summed E-state index contributed by atoms with van der Waals surface area (Å²) < 4.78 is 10.2. The van der Waals surface area contributed by atoms with Gasteiger partial charge < -0.3 is 9.47 Å². The molecule has 1 aromatic carbocycles. The molecule has 4 nitrogen and oxygen atoms in total. The Hall–Kier alpha value is -2.20. The van der Waals surface area contributed by atoms with E-state index in [4.69, 9.17) is 20.0 Å². The van der Waals surface area contributed by atoms with Gasteiger partial charge in [-0.15, -0.1) is 10.5 Å². The fourth-order valence-corrected chi connectivity index (χ4v) is 2.00. The molecule has 0 amide bonds. The van der Waals surface area contributed by atoms with Crippen LogP contribution in [0.3, 0.4) is 0 Å². The predicted octanol–water partition coefficient (Wildman–Crippen LogP) is 4.00. The number of hydrogen-bond donors (Lipinski definition) is 0. The second-order valence-corrected chi connectivity index (χ2v) is 6.73. The Morgan fingerprint density at radius 2 is 1.05 bits per heavy atom. The zero-order valence-electron chi connectivity index (χ0n) is 12.9. The summed E-state index contributed by atoms with van der Waals surface area (Å²) in [6.07, 6.45) is 3.44.